The summed E-state index contributed by atoms with van der Waals surface area (Å²) < 4.78 is 0. The third-order valence-electron chi connectivity index (χ3n) is 2.06. The number of nitrogens with one attached hydrogen (secondary N) is 1. The number of fused-ring (bicyclic) bond motifs is 3. The summed E-state index contributed by atoms with van der Waals surface area (Å²) in [6.07, 6.45) is 1.67. The number of hydrogen-bond acceptors (Lipinski definition) is 5. The average Bonchev–Trinajstić information content (AvgIpc) is 2.65. The zero-order valence-electron chi connectivity index (χ0n) is 7.10. The van der Waals surface area contributed by atoms with Crippen molar-refractivity contribution in [3.05, 3.63) is 18.3 Å². The molecule has 2 aromatic heterocycles. The van der Waals surface area contributed by atoms with Crippen molar-refractivity contribution in [2.24, 2.45) is 0 Å². The van der Waals surface area contributed by atoms with Gasteiger partial charge in [0.05, 0.1) is 0 Å². The minimum absolute atomic E-state index is 0.244. The second kappa shape index (κ2) is 2.38. The number of hydrogen-bond donors (Lipinski definition) is 2. The van der Waals surface area contributed by atoms with Gasteiger partial charge in [-0.25, -0.2) is 9.97 Å². The van der Waals surface area contributed by atoms with Gasteiger partial charge in [-0.1, -0.05) is 0 Å². The number of rotatable bonds is 0. The van der Waals surface area contributed by atoms with Gasteiger partial charge in [-0.2, -0.15) is 15.4 Å². The fourth-order valence-corrected chi connectivity index (χ4v) is 1.41. The summed E-state index contributed by atoms with van der Waals surface area (Å²) in [7, 11) is 0. The zero-order valence-corrected chi connectivity index (χ0v) is 7.10. The van der Waals surface area contributed by atoms with Crippen molar-refractivity contribution in [1.82, 2.24) is 25.4 Å². The number of H-pyrrole nitrogens is 1. The molecule has 6 nitrogen and oxygen atoms in total. The smallest absolute Gasteiger partial charge is 0.220 e. The molecule has 6 heteroatoms. The van der Waals surface area contributed by atoms with Crippen LogP contribution in [0.3, 0.4) is 0 Å². The summed E-state index contributed by atoms with van der Waals surface area (Å²) in [5.41, 5.74) is 7.72. The first-order chi connectivity index (χ1) is 6.84. The van der Waals surface area contributed by atoms with Crippen LogP contribution in [-0.4, -0.2) is 25.4 Å². The van der Waals surface area contributed by atoms with Gasteiger partial charge >= 0.3 is 0 Å². The second-order valence-electron chi connectivity index (χ2n) is 2.92. The molecule has 0 amide bonds. The van der Waals surface area contributed by atoms with Gasteiger partial charge in [0.15, 0.2) is 0 Å². The Morgan fingerprint density at radius 3 is 3.00 bits per heavy atom. The molecule has 0 fully saturated rings. The Hall–Kier alpha value is -2.24. The summed E-state index contributed by atoms with van der Waals surface area (Å²) in [6, 6.07) is 3.75. The van der Waals surface area contributed by atoms with E-state index in [0.717, 1.165) is 21.9 Å². The zero-order chi connectivity index (χ0) is 9.54. The Balaban J connectivity index is 2.60. The predicted molar refractivity (Wildman–Crippen MR) is 51.4 cm³/mol. The normalized spacial score (nSPS) is 11.1. The molecule has 3 N–H and O–H groups in total. The SMILES string of the molecule is Nc1ncc2ccc3n[nH]nc3c2n1. The fourth-order valence-electron chi connectivity index (χ4n) is 1.41. The highest BCUT2D eigenvalue weighted by Gasteiger charge is 2.05. The first kappa shape index (κ1) is 7.19. The van der Waals surface area contributed by atoms with Gasteiger partial charge in [-0.05, 0) is 12.1 Å². The summed E-state index contributed by atoms with van der Waals surface area (Å²) in [4.78, 5) is 8.03. The number of anilines is 1. The quantitative estimate of drug-likeness (QED) is 0.532. The number of benzene rings is 1. The summed E-state index contributed by atoms with van der Waals surface area (Å²) in [5, 5.41) is 11.4. The second-order valence-corrected chi connectivity index (χ2v) is 2.92. The third kappa shape index (κ3) is 0.846. The van der Waals surface area contributed by atoms with Gasteiger partial charge in [0.25, 0.3) is 0 Å². The van der Waals surface area contributed by atoms with Crippen LogP contribution in [0, 0.1) is 0 Å². The Bertz CT molecular complexity index is 613. The van der Waals surface area contributed by atoms with E-state index < -0.39 is 0 Å². The van der Waals surface area contributed by atoms with Crippen molar-refractivity contribution in [1.29, 1.82) is 0 Å². The van der Waals surface area contributed by atoms with E-state index in [9.17, 15) is 0 Å². The molecule has 0 aliphatic carbocycles. The molecule has 0 saturated heterocycles. The van der Waals surface area contributed by atoms with Gasteiger partial charge in [-0.15, -0.1) is 0 Å². The molecule has 0 unspecified atom stereocenters. The molecular weight excluding hydrogens is 180 g/mol. The molecule has 68 valence electrons. The van der Waals surface area contributed by atoms with Crippen LogP contribution in [-0.2, 0) is 0 Å². The van der Waals surface area contributed by atoms with E-state index in [-0.39, 0.29) is 5.95 Å². The van der Waals surface area contributed by atoms with Gasteiger partial charge in [0, 0.05) is 11.6 Å². The number of nitrogens with zero attached hydrogens (tertiary/aromatic N) is 4. The van der Waals surface area contributed by atoms with Crippen molar-refractivity contribution in [2.45, 2.75) is 0 Å². The number of nitrogen functional groups attached to an aromatic ring is 1. The van der Waals surface area contributed by atoms with Gasteiger partial charge in [0.2, 0.25) is 5.95 Å². The van der Waals surface area contributed by atoms with E-state index in [1.807, 2.05) is 12.1 Å². The Labute approximate surface area is 78.2 Å². The van der Waals surface area contributed by atoms with Crippen molar-refractivity contribution in [3.8, 4) is 0 Å². The highest BCUT2D eigenvalue weighted by Crippen LogP contribution is 2.19. The lowest BCUT2D eigenvalue weighted by Gasteiger charge is -1.96. The molecule has 0 saturated carbocycles. The minimum Gasteiger partial charge on any atom is -0.368 e. The molecule has 0 bridgehead atoms. The topological polar surface area (TPSA) is 93.4 Å². The standard InChI is InChI=1S/C8H6N6/c9-8-10-3-4-1-2-5-7(6(4)11-8)13-14-12-5/h1-3H,(H2,9,10,11)(H,12,13,14). The molecule has 0 aliphatic rings. The molecule has 0 radical (unpaired) electrons. The molecule has 0 spiro atoms. The molecule has 2 heterocycles. The molecule has 1 aromatic carbocycles. The lowest BCUT2D eigenvalue weighted by molar-refractivity contribution is 0.960. The summed E-state index contributed by atoms with van der Waals surface area (Å²) in [6.45, 7) is 0. The van der Waals surface area contributed by atoms with E-state index in [2.05, 4.69) is 25.4 Å². The largest absolute Gasteiger partial charge is 0.368 e. The van der Waals surface area contributed by atoms with Crippen molar-refractivity contribution in [2.75, 3.05) is 5.73 Å². The maximum absolute atomic E-state index is 5.50. The van der Waals surface area contributed by atoms with E-state index in [4.69, 9.17) is 5.73 Å². The first-order valence-electron chi connectivity index (χ1n) is 4.06. The minimum atomic E-state index is 0.244. The van der Waals surface area contributed by atoms with Gasteiger partial charge in [-0.3, -0.25) is 0 Å². The summed E-state index contributed by atoms with van der Waals surface area (Å²) in [5.74, 6) is 0.244. The number of aromatic nitrogens is 5. The highest BCUT2D eigenvalue weighted by atomic mass is 15.3. The van der Waals surface area contributed by atoms with E-state index in [0.29, 0.717) is 0 Å². The molecule has 0 atom stereocenters. The molecular formula is C8H6N6. The Morgan fingerprint density at radius 2 is 2.07 bits per heavy atom. The maximum Gasteiger partial charge on any atom is 0.220 e. The van der Waals surface area contributed by atoms with Gasteiger partial charge in [0.1, 0.15) is 16.6 Å². The van der Waals surface area contributed by atoms with Crippen LogP contribution in [0.2, 0.25) is 0 Å². The lowest BCUT2D eigenvalue weighted by Crippen LogP contribution is -1.94. The highest BCUT2D eigenvalue weighted by molar-refractivity contribution is 6.00. The van der Waals surface area contributed by atoms with Crippen LogP contribution in [0.1, 0.15) is 0 Å². The van der Waals surface area contributed by atoms with Crippen molar-refractivity contribution >= 4 is 27.9 Å². The fraction of sp³-hybridized carbons (Fsp3) is 0. The maximum atomic E-state index is 5.50. The number of aromatic amines is 1. The van der Waals surface area contributed by atoms with E-state index in [1.54, 1.807) is 6.20 Å². The van der Waals surface area contributed by atoms with Crippen LogP contribution < -0.4 is 5.73 Å². The molecule has 3 rings (SSSR count). The predicted octanol–water partition coefficient (Wildman–Crippen LogP) is 0.483. The molecule has 14 heavy (non-hydrogen) atoms. The van der Waals surface area contributed by atoms with Crippen LogP contribution in [0.4, 0.5) is 5.95 Å². The summed E-state index contributed by atoms with van der Waals surface area (Å²) >= 11 is 0. The van der Waals surface area contributed by atoms with E-state index in [1.165, 1.54) is 0 Å². The van der Waals surface area contributed by atoms with Crippen LogP contribution >= 0.6 is 0 Å². The first-order valence-corrected chi connectivity index (χ1v) is 4.06. The van der Waals surface area contributed by atoms with Crippen molar-refractivity contribution < 1.29 is 0 Å². The average molecular weight is 186 g/mol. The third-order valence-corrected chi connectivity index (χ3v) is 2.06. The van der Waals surface area contributed by atoms with Crippen LogP contribution in [0.5, 0.6) is 0 Å². The van der Waals surface area contributed by atoms with Crippen LogP contribution in [0.15, 0.2) is 18.3 Å². The Kier molecular flexibility index (Phi) is 1.22. The molecule has 3 aromatic rings. The van der Waals surface area contributed by atoms with Crippen LogP contribution in [0.25, 0.3) is 21.9 Å². The molecule has 0 aliphatic heterocycles. The van der Waals surface area contributed by atoms with E-state index >= 15 is 0 Å². The lowest BCUT2D eigenvalue weighted by atomic mass is 10.2. The Morgan fingerprint density at radius 1 is 1.14 bits per heavy atom. The van der Waals surface area contributed by atoms with Gasteiger partial charge < -0.3 is 5.73 Å². The van der Waals surface area contributed by atoms with Crippen molar-refractivity contribution in [3.63, 3.8) is 0 Å². The monoisotopic (exact) mass is 186 g/mol. The number of nitrogens with two attached hydrogens (primary N) is 1.